The molecule has 4 aromatic rings. The molecule has 0 bridgehead atoms. The molecule has 0 radical (unpaired) electrons. The maximum absolute atomic E-state index is 3.57. The van der Waals surface area contributed by atoms with Gasteiger partial charge in [0, 0.05) is 4.47 Å². The maximum Gasteiger partial charge on any atom is 0.0710 e. The molecule has 0 amide bonds. The Kier molecular flexibility index (Phi) is 7.34. The molecular weight excluding hydrogens is 476 g/mol. The van der Waals surface area contributed by atoms with Crippen molar-refractivity contribution in [2.24, 2.45) is 0 Å². The van der Waals surface area contributed by atoms with Gasteiger partial charge in [0.15, 0.2) is 0 Å². The summed E-state index contributed by atoms with van der Waals surface area (Å²) in [5, 5.41) is 0. The van der Waals surface area contributed by atoms with Crippen LogP contribution in [-0.2, 0) is 5.41 Å². The summed E-state index contributed by atoms with van der Waals surface area (Å²) < 4.78 is 1.10. The Hall–Kier alpha value is -3.16. The van der Waals surface area contributed by atoms with Gasteiger partial charge in [-0.25, -0.2) is 0 Å². The van der Waals surface area contributed by atoms with Crippen molar-refractivity contribution < 1.29 is 0 Å². The number of halogens is 1. The quantitative estimate of drug-likeness (QED) is 0.241. The van der Waals surface area contributed by atoms with Crippen molar-refractivity contribution in [1.82, 2.24) is 0 Å². The highest BCUT2D eigenvalue weighted by molar-refractivity contribution is 9.10. The Morgan fingerprint density at radius 3 is 1.97 bits per heavy atom. The minimum Gasteiger partial charge on any atom is -0.0873 e. The molecule has 1 aliphatic carbocycles. The molecular formula is C33H31Br. The molecule has 0 aliphatic heterocycles. The summed E-state index contributed by atoms with van der Waals surface area (Å²) in [6, 6.07) is 35.4. The van der Waals surface area contributed by atoms with Crippen LogP contribution in [0.1, 0.15) is 44.4 Å². The topological polar surface area (TPSA) is 0 Å². The summed E-state index contributed by atoms with van der Waals surface area (Å²) in [7, 11) is 0. The third-order valence-corrected chi connectivity index (χ3v) is 7.05. The Morgan fingerprint density at radius 1 is 0.676 bits per heavy atom. The fourth-order valence-corrected chi connectivity index (χ4v) is 5.46. The van der Waals surface area contributed by atoms with Crippen molar-refractivity contribution in [1.29, 1.82) is 0 Å². The lowest BCUT2D eigenvalue weighted by Crippen LogP contribution is -2.29. The Balaban J connectivity index is 0.00000133. The van der Waals surface area contributed by atoms with E-state index in [2.05, 4.69) is 145 Å². The maximum atomic E-state index is 3.57. The van der Waals surface area contributed by atoms with Crippen molar-refractivity contribution in [3.05, 3.63) is 142 Å². The van der Waals surface area contributed by atoms with Crippen LogP contribution in [-0.4, -0.2) is 0 Å². The average molecular weight is 508 g/mol. The summed E-state index contributed by atoms with van der Waals surface area (Å²) in [4.78, 5) is 0. The highest BCUT2D eigenvalue weighted by Gasteiger charge is 2.46. The highest BCUT2D eigenvalue weighted by Crippen LogP contribution is 2.57. The largest absolute Gasteiger partial charge is 0.0873 e. The van der Waals surface area contributed by atoms with Gasteiger partial charge in [0.1, 0.15) is 0 Å². The van der Waals surface area contributed by atoms with Gasteiger partial charge in [-0.3, -0.25) is 0 Å². The van der Waals surface area contributed by atoms with Crippen molar-refractivity contribution in [3.63, 3.8) is 0 Å². The van der Waals surface area contributed by atoms with E-state index in [1.54, 1.807) is 0 Å². The molecule has 5 rings (SSSR count). The van der Waals surface area contributed by atoms with E-state index in [9.17, 15) is 0 Å². The number of hydrogen-bond donors (Lipinski definition) is 0. The first-order valence-electron chi connectivity index (χ1n) is 12.1. The van der Waals surface area contributed by atoms with Crippen LogP contribution in [0.4, 0.5) is 0 Å². The van der Waals surface area contributed by atoms with Crippen LogP contribution in [0.15, 0.2) is 125 Å². The molecule has 0 N–H and O–H groups in total. The van der Waals surface area contributed by atoms with Crippen molar-refractivity contribution in [2.75, 3.05) is 0 Å². The summed E-state index contributed by atoms with van der Waals surface area (Å²) >= 11 is 3.57. The van der Waals surface area contributed by atoms with Gasteiger partial charge in [-0.05, 0) is 76.6 Å². The van der Waals surface area contributed by atoms with Gasteiger partial charge in [0.2, 0.25) is 0 Å². The first-order valence-corrected chi connectivity index (χ1v) is 12.8. The van der Waals surface area contributed by atoms with E-state index >= 15 is 0 Å². The number of allylic oxidation sites excluding steroid dienone is 4. The molecule has 34 heavy (non-hydrogen) atoms. The zero-order valence-corrected chi connectivity index (χ0v) is 21.9. The fourth-order valence-electron chi connectivity index (χ4n) is 5.20. The van der Waals surface area contributed by atoms with Crippen LogP contribution < -0.4 is 0 Å². The van der Waals surface area contributed by atoms with E-state index < -0.39 is 0 Å². The van der Waals surface area contributed by atoms with Crippen molar-refractivity contribution >= 4 is 15.9 Å². The second kappa shape index (κ2) is 10.4. The highest BCUT2D eigenvalue weighted by atomic mass is 79.9. The molecule has 0 aromatic heterocycles. The lowest BCUT2D eigenvalue weighted by Gasteiger charge is -2.35. The molecule has 1 heteroatoms. The molecule has 170 valence electrons. The van der Waals surface area contributed by atoms with E-state index in [4.69, 9.17) is 0 Å². The monoisotopic (exact) mass is 506 g/mol. The number of rotatable bonds is 4. The second-order valence-corrected chi connectivity index (χ2v) is 9.09. The molecule has 1 unspecified atom stereocenters. The number of hydrogen-bond acceptors (Lipinski definition) is 0. The first-order chi connectivity index (χ1) is 16.7. The third kappa shape index (κ3) is 3.89. The van der Waals surface area contributed by atoms with Gasteiger partial charge in [0.05, 0.1) is 5.41 Å². The van der Waals surface area contributed by atoms with Crippen LogP contribution in [0.25, 0.3) is 22.3 Å². The van der Waals surface area contributed by atoms with Gasteiger partial charge in [-0.2, -0.15) is 0 Å². The third-order valence-electron chi connectivity index (χ3n) is 6.52. The van der Waals surface area contributed by atoms with Crippen molar-refractivity contribution in [3.8, 4) is 22.3 Å². The molecule has 0 fully saturated rings. The summed E-state index contributed by atoms with van der Waals surface area (Å²) in [5.41, 5.74) is 10.0. The molecule has 4 aromatic carbocycles. The lowest BCUT2D eigenvalue weighted by molar-refractivity contribution is 0.765. The first kappa shape index (κ1) is 24.0. The second-order valence-electron chi connectivity index (χ2n) is 8.17. The van der Waals surface area contributed by atoms with E-state index in [-0.39, 0.29) is 5.41 Å². The van der Waals surface area contributed by atoms with Crippen LogP contribution >= 0.6 is 15.9 Å². The smallest absolute Gasteiger partial charge is 0.0710 e. The molecule has 0 spiro atoms. The molecule has 0 nitrogen and oxygen atoms in total. The van der Waals surface area contributed by atoms with Gasteiger partial charge in [0.25, 0.3) is 0 Å². The SMILES string of the molecule is C/C=C\C(=C/C)C1(c2ccccc2)c2ccccc2-c2ccc(-c3ccc(Br)cc3)cc21.CC. The Labute approximate surface area is 212 Å². The Bertz CT molecular complexity index is 1330. The molecule has 0 saturated carbocycles. The molecule has 0 saturated heterocycles. The minimum atomic E-state index is -0.347. The van der Waals surface area contributed by atoms with E-state index in [1.165, 1.54) is 44.5 Å². The normalized spacial score (nSPS) is 16.6. The lowest BCUT2D eigenvalue weighted by atomic mass is 9.66. The number of fused-ring (bicyclic) bond motifs is 3. The van der Waals surface area contributed by atoms with Crippen LogP contribution in [0.5, 0.6) is 0 Å². The predicted octanol–water partition coefficient (Wildman–Crippen LogP) is 9.98. The van der Waals surface area contributed by atoms with E-state index in [0.29, 0.717) is 0 Å². The van der Waals surface area contributed by atoms with Crippen LogP contribution in [0, 0.1) is 0 Å². The number of benzene rings is 4. The zero-order valence-electron chi connectivity index (χ0n) is 20.3. The summed E-state index contributed by atoms with van der Waals surface area (Å²) in [6.07, 6.45) is 6.69. The van der Waals surface area contributed by atoms with Gasteiger partial charge in [-0.15, -0.1) is 0 Å². The van der Waals surface area contributed by atoms with Crippen LogP contribution in [0.3, 0.4) is 0 Å². The zero-order chi connectivity index (χ0) is 24.1. The van der Waals surface area contributed by atoms with Gasteiger partial charge >= 0.3 is 0 Å². The predicted molar refractivity (Wildman–Crippen MR) is 151 cm³/mol. The van der Waals surface area contributed by atoms with Crippen molar-refractivity contribution in [2.45, 2.75) is 33.1 Å². The van der Waals surface area contributed by atoms with E-state index in [0.717, 1.165) is 4.47 Å². The minimum absolute atomic E-state index is 0.347. The fraction of sp³-hybridized carbons (Fsp3) is 0.152. The average Bonchev–Trinajstić information content (AvgIpc) is 3.20. The van der Waals surface area contributed by atoms with E-state index in [1.807, 2.05) is 13.8 Å². The Morgan fingerprint density at radius 2 is 1.29 bits per heavy atom. The molecule has 0 heterocycles. The van der Waals surface area contributed by atoms with Crippen LogP contribution in [0.2, 0.25) is 0 Å². The molecule has 1 atom stereocenters. The van der Waals surface area contributed by atoms with Gasteiger partial charge < -0.3 is 0 Å². The standard InChI is InChI=1S/C31H25Br.C2H6/c1-3-10-24(4-2)31(25-11-6-5-7-12-25)29-14-9-8-13-27(29)28-20-17-23(21-30(28)31)22-15-18-26(32)19-16-22;1-2/h3-21H,1-2H3;1-2H3/b10-3-,24-4+;. The van der Waals surface area contributed by atoms with Gasteiger partial charge in [-0.1, -0.05) is 127 Å². The molecule has 1 aliphatic rings. The summed E-state index contributed by atoms with van der Waals surface area (Å²) in [6.45, 7) is 8.25. The summed E-state index contributed by atoms with van der Waals surface area (Å²) in [5.74, 6) is 0.